The molecule has 0 aromatic heterocycles. The van der Waals surface area contributed by atoms with Crippen molar-refractivity contribution in [2.45, 2.75) is 31.5 Å². The predicted molar refractivity (Wildman–Crippen MR) is 90.0 cm³/mol. The van der Waals surface area contributed by atoms with Gasteiger partial charge in [-0.15, -0.1) is 0 Å². The number of hydrogen-bond acceptors (Lipinski definition) is 2. The molecule has 1 aliphatic rings. The van der Waals surface area contributed by atoms with E-state index in [1.165, 1.54) is 12.1 Å². The summed E-state index contributed by atoms with van der Waals surface area (Å²) in [4.78, 5) is 12.4. The maximum atomic E-state index is 12.6. The van der Waals surface area contributed by atoms with Crippen LogP contribution < -0.4 is 5.32 Å². The second-order valence-electron chi connectivity index (χ2n) is 6.53. The first-order valence-corrected chi connectivity index (χ1v) is 8.27. The van der Waals surface area contributed by atoms with E-state index in [1.54, 1.807) is 24.3 Å². The van der Waals surface area contributed by atoms with Gasteiger partial charge in [0.15, 0.2) is 0 Å². The fourth-order valence-electron chi connectivity index (χ4n) is 3.02. The third kappa shape index (κ3) is 3.88. The lowest BCUT2D eigenvalue weighted by atomic mass is 10.0. The largest absolute Gasteiger partial charge is 0.416 e. The molecule has 26 heavy (non-hydrogen) atoms. The molecule has 1 fully saturated rings. The number of hydrogen-bond donors (Lipinski definition) is 1. The van der Waals surface area contributed by atoms with Crippen LogP contribution in [0.5, 0.6) is 0 Å². The zero-order valence-electron chi connectivity index (χ0n) is 14.0. The van der Waals surface area contributed by atoms with E-state index in [-0.39, 0.29) is 23.8 Å². The third-order valence-electron chi connectivity index (χ3n) is 4.69. The topological polar surface area (TPSA) is 52.9 Å². The molecular formula is C20H17F3N2O. The number of nitrogens with zero attached hydrogens (tertiary/aromatic N) is 1. The van der Waals surface area contributed by atoms with E-state index in [9.17, 15) is 18.0 Å². The van der Waals surface area contributed by atoms with Crippen LogP contribution in [0, 0.1) is 17.2 Å². The summed E-state index contributed by atoms with van der Waals surface area (Å²) in [5, 5.41) is 11.7. The third-order valence-corrected chi connectivity index (χ3v) is 4.69. The Labute approximate surface area is 149 Å². The van der Waals surface area contributed by atoms with Crippen LogP contribution in [0.15, 0.2) is 48.5 Å². The van der Waals surface area contributed by atoms with E-state index in [0.717, 1.165) is 23.3 Å². The molecule has 0 radical (unpaired) electrons. The summed E-state index contributed by atoms with van der Waals surface area (Å²) in [5.74, 6) is -0.357. The fourth-order valence-corrected chi connectivity index (χ4v) is 3.02. The van der Waals surface area contributed by atoms with Crippen LogP contribution in [0.3, 0.4) is 0 Å². The molecule has 1 aliphatic carbocycles. The summed E-state index contributed by atoms with van der Waals surface area (Å²) in [6, 6.07) is 13.8. The van der Waals surface area contributed by atoms with Gasteiger partial charge in [-0.1, -0.05) is 24.3 Å². The Hall–Kier alpha value is -2.81. The first-order valence-electron chi connectivity index (χ1n) is 8.27. The lowest BCUT2D eigenvalue weighted by Crippen LogP contribution is -2.28. The highest BCUT2D eigenvalue weighted by atomic mass is 19.4. The van der Waals surface area contributed by atoms with Crippen molar-refractivity contribution in [3.8, 4) is 6.07 Å². The van der Waals surface area contributed by atoms with Gasteiger partial charge in [0.1, 0.15) is 0 Å². The number of rotatable bonds is 4. The molecule has 0 heterocycles. The molecule has 0 bridgehead atoms. The maximum Gasteiger partial charge on any atom is 0.416 e. The van der Waals surface area contributed by atoms with E-state index in [0.29, 0.717) is 12.0 Å². The van der Waals surface area contributed by atoms with E-state index >= 15 is 0 Å². The number of alkyl halides is 3. The van der Waals surface area contributed by atoms with Crippen LogP contribution in [0.25, 0.3) is 0 Å². The summed E-state index contributed by atoms with van der Waals surface area (Å²) in [6.45, 7) is 1.86. The van der Waals surface area contributed by atoms with Crippen LogP contribution in [-0.2, 0) is 11.0 Å². The molecule has 2 aromatic carbocycles. The van der Waals surface area contributed by atoms with Crippen LogP contribution in [-0.4, -0.2) is 5.91 Å². The van der Waals surface area contributed by atoms with Crippen molar-refractivity contribution in [1.29, 1.82) is 5.26 Å². The van der Waals surface area contributed by atoms with Crippen molar-refractivity contribution in [2.24, 2.45) is 5.92 Å². The highest BCUT2D eigenvalue weighted by molar-refractivity contribution is 5.83. The molecule has 3 unspecified atom stereocenters. The second kappa shape index (κ2) is 6.83. The average Bonchev–Trinajstić information content (AvgIpc) is 3.42. The van der Waals surface area contributed by atoms with Gasteiger partial charge < -0.3 is 5.32 Å². The molecule has 0 saturated heterocycles. The molecule has 0 aliphatic heterocycles. The van der Waals surface area contributed by atoms with Crippen LogP contribution in [0.2, 0.25) is 0 Å². The lowest BCUT2D eigenvalue weighted by molar-refractivity contribution is -0.137. The molecule has 1 amide bonds. The molecule has 3 rings (SSSR count). The molecular weight excluding hydrogens is 341 g/mol. The molecule has 1 N–H and O–H groups in total. The van der Waals surface area contributed by atoms with Crippen molar-refractivity contribution in [1.82, 2.24) is 5.32 Å². The van der Waals surface area contributed by atoms with Gasteiger partial charge in [-0.05, 0) is 54.7 Å². The van der Waals surface area contributed by atoms with Crippen LogP contribution in [0.1, 0.15) is 47.6 Å². The monoisotopic (exact) mass is 358 g/mol. The Morgan fingerprint density at radius 1 is 1.15 bits per heavy atom. The summed E-state index contributed by atoms with van der Waals surface area (Å²) in [5.41, 5.74) is 1.52. The van der Waals surface area contributed by atoms with E-state index < -0.39 is 11.7 Å². The number of nitriles is 1. The van der Waals surface area contributed by atoms with Crippen molar-refractivity contribution in [3.05, 3.63) is 70.8 Å². The smallest absolute Gasteiger partial charge is 0.349 e. The number of nitrogens with one attached hydrogen (secondary N) is 1. The van der Waals surface area contributed by atoms with Gasteiger partial charge in [-0.25, -0.2) is 0 Å². The van der Waals surface area contributed by atoms with Crippen molar-refractivity contribution in [3.63, 3.8) is 0 Å². The SMILES string of the molecule is CC(NC(=O)C1CC1c1ccc(C(F)(F)F)cc1)c1ccc(C#N)cc1. The fraction of sp³-hybridized carbons (Fsp3) is 0.300. The lowest BCUT2D eigenvalue weighted by Gasteiger charge is -2.14. The Kier molecular flexibility index (Phi) is 4.73. The highest BCUT2D eigenvalue weighted by Crippen LogP contribution is 2.48. The summed E-state index contributed by atoms with van der Waals surface area (Å²) < 4.78 is 37.8. The van der Waals surface area contributed by atoms with Crippen LogP contribution >= 0.6 is 0 Å². The first kappa shape index (κ1) is 18.0. The number of carbonyl (C=O) groups is 1. The number of carbonyl (C=O) groups excluding carboxylic acids is 1. The van der Waals surface area contributed by atoms with Crippen molar-refractivity contribution >= 4 is 5.91 Å². The minimum atomic E-state index is -4.35. The van der Waals surface area contributed by atoms with Gasteiger partial charge in [0.25, 0.3) is 0 Å². The van der Waals surface area contributed by atoms with Gasteiger partial charge in [0.05, 0.1) is 23.2 Å². The van der Waals surface area contributed by atoms with Crippen LogP contribution in [0.4, 0.5) is 13.2 Å². The Bertz CT molecular complexity index is 835. The van der Waals surface area contributed by atoms with Gasteiger partial charge in [0.2, 0.25) is 5.91 Å². The average molecular weight is 358 g/mol. The minimum Gasteiger partial charge on any atom is -0.349 e. The zero-order valence-corrected chi connectivity index (χ0v) is 14.0. The summed E-state index contributed by atoms with van der Waals surface area (Å²) >= 11 is 0. The number of benzene rings is 2. The highest BCUT2D eigenvalue weighted by Gasteiger charge is 2.44. The number of halogens is 3. The molecule has 1 saturated carbocycles. The molecule has 2 aromatic rings. The maximum absolute atomic E-state index is 12.6. The molecule has 6 heteroatoms. The quantitative estimate of drug-likeness (QED) is 0.871. The molecule has 0 spiro atoms. The Balaban J connectivity index is 1.59. The standard InChI is InChI=1S/C20H17F3N2O/c1-12(14-4-2-13(11-24)3-5-14)25-19(26)18-10-17(18)15-6-8-16(9-7-15)20(21,22)23/h2-9,12,17-18H,10H2,1H3,(H,25,26). The van der Waals surface area contributed by atoms with Gasteiger partial charge in [0, 0.05) is 5.92 Å². The van der Waals surface area contributed by atoms with Gasteiger partial charge >= 0.3 is 6.18 Å². The van der Waals surface area contributed by atoms with Gasteiger partial charge in [-0.3, -0.25) is 4.79 Å². The minimum absolute atomic E-state index is 0.0366. The first-order chi connectivity index (χ1) is 12.3. The Morgan fingerprint density at radius 2 is 1.77 bits per heavy atom. The number of amides is 1. The molecule has 134 valence electrons. The predicted octanol–water partition coefficient (Wildman–Crippen LogP) is 4.56. The normalized spacial score (nSPS) is 20.1. The van der Waals surface area contributed by atoms with E-state index in [4.69, 9.17) is 5.26 Å². The Morgan fingerprint density at radius 3 is 2.31 bits per heavy atom. The van der Waals surface area contributed by atoms with Gasteiger partial charge in [-0.2, -0.15) is 18.4 Å². The second-order valence-corrected chi connectivity index (χ2v) is 6.53. The zero-order chi connectivity index (χ0) is 18.9. The van der Waals surface area contributed by atoms with E-state index in [1.807, 2.05) is 13.0 Å². The summed E-state index contributed by atoms with van der Waals surface area (Å²) in [7, 11) is 0. The summed E-state index contributed by atoms with van der Waals surface area (Å²) in [6.07, 6.45) is -3.72. The molecule has 3 nitrogen and oxygen atoms in total. The van der Waals surface area contributed by atoms with Crippen molar-refractivity contribution in [2.75, 3.05) is 0 Å². The molecule has 3 atom stereocenters. The van der Waals surface area contributed by atoms with E-state index in [2.05, 4.69) is 5.32 Å². The van der Waals surface area contributed by atoms with Crippen molar-refractivity contribution < 1.29 is 18.0 Å².